The van der Waals surface area contributed by atoms with Crippen LogP contribution in [0.15, 0.2) is 0 Å². The number of carbonyl (C=O) groups excluding carboxylic acids is 1. The van der Waals surface area contributed by atoms with Gasteiger partial charge in [-0.2, -0.15) is 11.8 Å². The Labute approximate surface area is 95.0 Å². The minimum Gasteiger partial charge on any atom is -0.396 e. The van der Waals surface area contributed by atoms with Crippen LogP contribution in [0.4, 0.5) is 0 Å². The molecule has 88 valence electrons. The molecule has 0 aliphatic heterocycles. The van der Waals surface area contributed by atoms with E-state index in [9.17, 15) is 4.79 Å². The monoisotopic (exact) mass is 232 g/mol. The van der Waals surface area contributed by atoms with Crippen molar-refractivity contribution in [1.29, 1.82) is 0 Å². The molecular formula is C10H20N2O2S. The highest BCUT2D eigenvalue weighted by Gasteiger charge is 2.39. The van der Waals surface area contributed by atoms with Gasteiger partial charge < -0.3 is 16.2 Å². The van der Waals surface area contributed by atoms with Crippen molar-refractivity contribution < 1.29 is 9.90 Å². The summed E-state index contributed by atoms with van der Waals surface area (Å²) in [5.74, 6) is 0.489. The number of hydrogen-bond acceptors (Lipinski definition) is 4. The van der Waals surface area contributed by atoms with Gasteiger partial charge >= 0.3 is 0 Å². The summed E-state index contributed by atoms with van der Waals surface area (Å²) in [5.41, 5.74) is 4.92. The Balaban J connectivity index is 2.56. The summed E-state index contributed by atoms with van der Waals surface area (Å²) >= 11 is 1.73. The van der Waals surface area contributed by atoms with Crippen molar-refractivity contribution in [2.24, 2.45) is 5.73 Å². The molecule has 2 unspecified atom stereocenters. The Morgan fingerprint density at radius 3 is 3.00 bits per heavy atom. The molecule has 0 heterocycles. The van der Waals surface area contributed by atoms with Crippen molar-refractivity contribution in [1.82, 2.24) is 5.32 Å². The van der Waals surface area contributed by atoms with E-state index in [4.69, 9.17) is 10.8 Å². The van der Waals surface area contributed by atoms with Gasteiger partial charge in [-0.15, -0.1) is 0 Å². The van der Waals surface area contributed by atoms with Gasteiger partial charge in [0.2, 0.25) is 5.91 Å². The van der Waals surface area contributed by atoms with Gasteiger partial charge in [-0.3, -0.25) is 4.79 Å². The Morgan fingerprint density at radius 1 is 1.73 bits per heavy atom. The summed E-state index contributed by atoms with van der Waals surface area (Å²) in [6.45, 7) is 0.199. The van der Waals surface area contributed by atoms with Crippen LogP contribution < -0.4 is 11.1 Å². The van der Waals surface area contributed by atoms with Crippen LogP contribution in [-0.4, -0.2) is 41.2 Å². The maximum absolute atomic E-state index is 11.4. The van der Waals surface area contributed by atoms with Gasteiger partial charge in [-0.25, -0.2) is 0 Å². The van der Waals surface area contributed by atoms with Crippen LogP contribution in [0.3, 0.4) is 0 Å². The van der Waals surface area contributed by atoms with Crippen LogP contribution in [-0.2, 0) is 4.79 Å². The van der Waals surface area contributed by atoms with Gasteiger partial charge in [0.1, 0.15) is 0 Å². The summed E-state index contributed by atoms with van der Waals surface area (Å²) < 4.78 is 0. The molecule has 0 bridgehead atoms. The molecule has 1 aliphatic rings. The largest absolute Gasteiger partial charge is 0.396 e. The van der Waals surface area contributed by atoms with Crippen molar-refractivity contribution in [3.05, 3.63) is 0 Å². The summed E-state index contributed by atoms with van der Waals surface area (Å²) in [5, 5.41) is 12.3. The molecule has 1 amide bonds. The van der Waals surface area contributed by atoms with Gasteiger partial charge in [-0.1, -0.05) is 0 Å². The van der Waals surface area contributed by atoms with E-state index in [0.717, 1.165) is 31.4 Å². The van der Waals surface area contributed by atoms with Crippen molar-refractivity contribution in [3.63, 3.8) is 0 Å². The molecular weight excluding hydrogens is 212 g/mol. The molecule has 0 spiro atoms. The number of aliphatic hydroxyl groups is 1. The van der Waals surface area contributed by atoms with E-state index in [2.05, 4.69) is 5.32 Å². The van der Waals surface area contributed by atoms with Crippen LogP contribution in [0, 0.1) is 0 Å². The zero-order chi connectivity index (χ0) is 11.3. The predicted molar refractivity (Wildman–Crippen MR) is 62.8 cm³/mol. The summed E-state index contributed by atoms with van der Waals surface area (Å²) in [7, 11) is 1.80. The number of thioether (sulfide) groups is 1. The number of likely N-dealkylation sites (N-methyl/N-ethyl adjacent to an activating group) is 1. The average Bonchev–Trinajstić information content (AvgIpc) is 2.26. The number of rotatable bonds is 5. The third-order valence-electron chi connectivity index (χ3n) is 3.10. The second-order valence-electron chi connectivity index (χ2n) is 4.01. The number of nitrogens with two attached hydrogens (primary N) is 1. The Morgan fingerprint density at radius 2 is 2.47 bits per heavy atom. The lowest BCUT2D eigenvalue weighted by molar-refractivity contribution is -0.125. The van der Waals surface area contributed by atoms with Gasteiger partial charge in [0, 0.05) is 11.0 Å². The van der Waals surface area contributed by atoms with Gasteiger partial charge in [0.05, 0.1) is 12.1 Å². The number of aliphatic hydroxyl groups excluding tert-OH is 1. The molecule has 4 nitrogen and oxygen atoms in total. The first kappa shape index (κ1) is 12.8. The lowest BCUT2D eigenvalue weighted by Crippen LogP contribution is -2.57. The number of primary amides is 1. The fraction of sp³-hybridized carbons (Fsp3) is 0.900. The van der Waals surface area contributed by atoms with Crippen molar-refractivity contribution >= 4 is 17.7 Å². The normalized spacial score (nSPS) is 31.5. The maximum Gasteiger partial charge on any atom is 0.237 e. The van der Waals surface area contributed by atoms with Gasteiger partial charge in [0.25, 0.3) is 0 Å². The average molecular weight is 232 g/mol. The zero-order valence-corrected chi connectivity index (χ0v) is 9.98. The second-order valence-corrected chi connectivity index (χ2v) is 5.42. The van der Waals surface area contributed by atoms with Crippen LogP contribution in [0.5, 0.6) is 0 Å². The van der Waals surface area contributed by atoms with E-state index >= 15 is 0 Å². The Kier molecular flexibility index (Phi) is 4.89. The molecule has 2 atom stereocenters. The van der Waals surface area contributed by atoms with Crippen molar-refractivity contribution in [3.8, 4) is 0 Å². The SMILES string of the molecule is CNC1(C(N)=O)CCCC(SCCO)C1. The van der Waals surface area contributed by atoms with Gasteiger partial charge in [-0.05, 0) is 32.7 Å². The molecule has 0 aromatic carbocycles. The molecule has 0 aromatic heterocycles. The highest BCUT2D eigenvalue weighted by Crippen LogP contribution is 2.34. The molecule has 4 N–H and O–H groups in total. The zero-order valence-electron chi connectivity index (χ0n) is 9.16. The third kappa shape index (κ3) is 3.09. The first-order chi connectivity index (χ1) is 7.14. The molecule has 1 aliphatic carbocycles. The lowest BCUT2D eigenvalue weighted by Gasteiger charge is -2.38. The number of amides is 1. The van der Waals surface area contributed by atoms with Crippen molar-refractivity contribution in [2.75, 3.05) is 19.4 Å². The Bertz CT molecular complexity index is 225. The number of nitrogens with one attached hydrogen (secondary N) is 1. The van der Waals surface area contributed by atoms with E-state index in [1.807, 2.05) is 0 Å². The first-order valence-electron chi connectivity index (χ1n) is 5.36. The molecule has 5 heteroatoms. The number of hydrogen-bond donors (Lipinski definition) is 3. The molecule has 0 aromatic rings. The summed E-state index contributed by atoms with van der Waals surface area (Å²) in [4.78, 5) is 11.4. The smallest absolute Gasteiger partial charge is 0.237 e. The molecule has 15 heavy (non-hydrogen) atoms. The highest BCUT2D eigenvalue weighted by molar-refractivity contribution is 7.99. The lowest BCUT2D eigenvalue weighted by atomic mass is 9.81. The maximum atomic E-state index is 11.4. The van der Waals surface area contributed by atoms with Crippen LogP contribution in [0.1, 0.15) is 25.7 Å². The second kappa shape index (κ2) is 5.72. The molecule has 1 saturated carbocycles. The van der Waals surface area contributed by atoms with E-state index in [0.29, 0.717) is 5.25 Å². The molecule has 1 rings (SSSR count). The fourth-order valence-corrected chi connectivity index (χ4v) is 3.33. The van der Waals surface area contributed by atoms with E-state index in [1.54, 1.807) is 18.8 Å². The summed E-state index contributed by atoms with van der Waals surface area (Å²) in [6.07, 6.45) is 3.74. The summed E-state index contributed by atoms with van der Waals surface area (Å²) in [6, 6.07) is 0. The van der Waals surface area contributed by atoms with Crippen LogP contribution >= 0.6 is 11.8 Å². The van der Waals surface area contributed by atoms with E-state index in [-0.39, 0.29) is 12.5 Å². The standard InChI is InChI=1S/C10H20N2O2S/c1-12-10(9(11)14)4-2-3-8(7-10)15-6-5-13/h8,12-13H,2-7H2,1H3,(H2,11,14). The topological polar surface area (TPSA) is 75.3 Å². The van der Waals surface area contributed by atoms with E-state index in [1.165, 1.54) is 0 Å². The Hall–Kier alpha value is -0.260. The van der Waals surface area contributed by atoms with Crippen LogP contribution in [0.25, 0.3) is 0 Å². The minimum absolute atomic E-state index is 0.199. The van der Waals surface area contributed by atoms with Gasteiger partial charge in [0.15, 0.2) is 0 Å². The molecule has 0 saturated heterocycles. The van der Waals surface area contributed by atoms with E-state index < -0.39 is 5.54 Å². The predicted octanol–water partition coefficient (Wildman–Crippen LogP) is 0.0980. The fourth-order valence-electron chi connectivity index (χ4n) is 2.16. The van der Waals surface area contributed by atoms with Crippen LogP contribution in [0.2, 0.25) is 0 Å². The number of carbonyl (C=O) groups is 1. The van der Waals surface area contributed by atoms with Crippen molar-refractivity contribution in [2.45, 2.75) is 36.5 Å². The third-order valence-corrected chi connectivity index (χ3v) is 4.39. The highest BCUT2D eigenvalue weighted by atomic mass is 32.2. The molecule has 1 fully saturated rings. The minimum atomic E-state index is -0.522. The first-order valence-corrected chi connectivity index (χ1v) is 6.41. The molecule has 0 radical (unpaired) electrons. The quantitative estimate of drug-likeness (QED) is 0.628.